The average Bonchev–Trinajstić information content (AvgIpc) is 2.54. The van der Waals surface area contributed by atoms with Gasteiger partial charge in [0.1, 0.15) is 5.82 Å². The predicted octanol–water partition coefficient (Wildman–Crippen LogP) is 4.32. The van der Waals surface area contributed by atoms with E-state index in [1.54, 1.807) is 24.3 Å². The van der Waals surface area contributed by atoms with Crippen molar-refractivity contribution < 1.29 is 4.79 Å². The van der Waals surface area contributed by atoms with Gasteiger partial charge in [-0.05, 0) is 48.8 Å². The Morgan fingerprint density at radius 2 is 1.75 bits per heavy atom. The largest absolute Gasteiger partial charge is 0.317 e. The van der Waals surface area contributed by atoms with Crippen LogP contribution in [0, 0.1) is 6.92 Å². The van der Waals surface area contributed by atoms with Gasteiger partial charge in [-0.15, -0.1) is 0 Å². The van der Waals surface area contributed by atoms with Crippen LogP contribution >= 0.6 is 23.8 Å². The van der Waals surface area contributed by atoms with Crippen LogP contribution in [0.15, 0.2) is 54.6 Å². The lowest BCUT2D eigenvalue weighted by Crippen LogP contribution is -2.34. The second-order valence-corrected chi connectivity index (χ2v) is 6.03. The molecule has 0 aliphatic heterocycles. The first-order valence-corrected chi connectivity index (χ1v) is 8.06. The van der Waals surface area contributed by atoms with E-state index in [9.17, 15) is 4.79 Å². The standard InChI is InChI=1S/C18H14ClN3OS/c1-11-5-2-10-16(20-11)21-18(24)22-17(23)14-8-3-7-13-12(14)6-4-9-15(13)19/h2-10H,1H3,(H2,20,21,22,23,24). The number of hydrogen-bond donors (Lipinski definition) is 2. The minimum absolute atomic E-state index is 0.192. The van der Waals surface area contributed by atoms with Gasteiger partial charge in [0.15, 0.2) is 5.11 Å². The van der Waals surface area contributed by atoms with Crippen LogP contribution in [-0.4, -0.2) is 16.0 Å². The van der Waals surface area contributed by atoms with E-state index in [-0.39, 0.29) is 11.0 Å². The van der Waals surface area contributed by atoms with E-state index in [0.717, 1.165) is 16.5 Å². The lowest BCUT2D eigenvalue weighted by atomic mass is 10.0. The van der Waals surface area contributed by atoms with Gasteiger partial charge in [-0.1, -0.05) is 41.9 Å². The van der Waals surface area contributed by atoms with Crippen LogP contribution in [0.25, 0.3) is 10.8 Å². The fourth-order valence-electron chi connectivity index (χ4n) is 2.40. The zero-order chi connectivity index (χ0) is 17.1. The van der Waals surface area contributed by atoms with Gasteiger partial charge < -0.3 is 5.32 Å². The number of thiocarbonyl (C=S) groups is 1. The van der Waals surface area contributed by atoms with Crippen molar-refractivity contribution in [1.29, 1.82) is 0 Å². The number of anilines is 1. The second-order valence-electron chi connectivity index (χ2n) is 5.21. The van der Waals surface area contributed by atoms with Crippen LogP contribution in [0.5, 0.6) is 0 Å². The van der Waals surface area contributed by atoms with Crippen molar-refractivity contribution in [3.63, 3.8) is 0 Å². The van der Waals surface area contributed by atoms with Gasteiger partial charge in [0.2, 0.25) is 0 Å². The summed E-state index contributed by atoms with van der Waals surface area (Å²) < 4.78 is 0. The van der Waals surface area contributed by atoms with Crippen molar-refractivity contribution in [1.82, 2.24) is 10.3 Å². The highest BCUT2D eigenvalue weighted by Gasteiger charge is 2.12. The fraction of sp³-hybridized carbons (Fsp3) is 0.0556. The van der Waals surface area contributed by atoms with E-state index in [2.05, 4.69) is 15.6 Å². The molecule has 3 aromatic rings. The quantitative estimate of drug-likeness (QED) is 0.672. The van der Waals surface area contributed by atoms with Crippen molar-refractivity contribution in [2.24, 2.45) is 0 Å². The molecule has 0 saturated carbocycles. The maximum absolute atomic E-state index is 12.5. The Hall–Kier alpha value is -2.50. The number of aromatic nitrogens is 1. The number of carbonyl (C=O) groups excluding carboxylic acids is 1. The third kappa shape index (κ3) is 3.53. The Kier molecular flexibility index (Phi) is 4.74. The maximum Gasteiger partial charge on any atom is 0.258 e. The molecule has 2 N–H and O–H groups in total. The number of nitrogens with one attached hydrogen (secondary N) is 2. The molecule has 4 nitrogen and oxygen atoms in total. The summed E-state index contributed by atoms with van der Waals surface area (Å²) in [5.41, 5.74) is 1.37. The first-order chi connectivity index (χ1) is 11.5. The molecule has 6 heteroatoms. The number of benzene rings is 2. The number of pyridine rings is 1. The molecule has 0 aliphatic rings. The highest BCUT2D eigenvalue weighted by molar-refractivity contribution is 7.80. The smallest absolute Gasteiger partial charge is 0.258 e. The summed E-state index contributed by atoms with van der Waals surface area (Å²) in [5, 5.41) is 7.98. The number of rotatable bonds is 2. The third-order valence-electron chi connectivity index (χ3n) is 3.47. The summed E-state index contributed by atoms with van der Waals surface area (Å²) in [6, 6.07) is 16.4. The Morgan fingerprint density at radius 1 is 1.04 bits per heavy atom. The molecule has 0 unspecified atom stereocenters. The van der Waals surface area contributed by atoms with Gasteiger partial charge in [-0.3, -0.25) is 10.1 Å². The number of hydrogen-bond acceptors (Lipinski definition) is 3. The highest BCUT2D eigenvalue weighted by Crippen LogP contribution is 2.25. The van der Waals surface area contributed by atoms with E-state index in [4.69, 9.17) is 23.8 Å². The molecular formula is C18H14ClN3OS. The molecule has 0 bridgehead atoms. The Balaban J connectivity index is 1.80. The molecule has 0 atom stereocenters. The van der Waals surface area contributed by atoms with Crippen LogP contribution < -0.4 is 10.6 Å². The molecule has 1 aromatic heterocycles. The molecular weight excluding hydrogens is 342 g/mol. The molecule has 120 valence electrons. The average molecular weight is 356 g/mol. The van der Waals surface area contributed by atoms with Crippen LogP contribution in [0.4, 0.5) is 5.82 Å². The molecule has 0 aliphatic carbocycles. The minimum Gasteiger partial charge on any atom is -0.317 e. The number of halogens is 1. The Labute approximate surface area is 149 Å². The van der Waals surface area contributed by atoms with Crippen molar-refractivity contribution in [2.45, 2.75) is 6.92 Å². The van der Waals surface area contributed by atoms with Crippen molar-refractivity contribution in [3.05, 3.63) is 70.9 Å². The summed E-state index contributed by atoms with van der Waals surface area (Å²) in [6.07, 6.45) is 0. The molecule has 0 spiro atoms. The summed E-state index contributed by atoms with van der Waals surface area (Å²) in [4.78, 5) is 16.8. The second kappa shape index (κ2) is 6.95. The monoisotopic (exact) mass is 355 g/mol. The highest BCUT2D eigenvalue weighted by atomic mass is 35.5. The molecule has 0 radical (unpaired) electrons. The lowest BCUT2D eigenvalue weighted by molar-refractivity contribution is 0.0979. The first-order valence-electron chi connectivity index (χ1n) is 7.28. The van der Waals surface area contributed by atoms with Gasteiger partial charge in [-0.2, -0.15) is 0 Å². The number of aryl methyl sites for hydroxylation is 1. The summed E-state index contributed by atoms with van der Waals surface area (Å²) in [5.74, 6) is 0.286. The Morgan fingerprint density at radius 3 is 2.54 bits per heavy atom. The number of carbonyl (C=O) groups is 1. The summed E-state index contributed by atoms with van der Waals surface area (Å²) in [6.45, 7) is 1.88. The molecule has 1 amide bonds. The van der Waals surface area contributed by atoms with E-state index >= 15 is 0 Å². The zero-order valence-corrected chi connectivity index (χ0v) is 14.4. The van der Waals surface area contributed by atoms with Gasteiger partial charge in [0.05, 0.1) is 0 Å². The van der Waals surface area contributed by atoms with Crippen LogP contribution in [-0.2, 0) is 0 Å². The van der Waals surface area contributed by atoms with Crippen LogP contribution in [0.3, 0.4) is 0 Å². The molecule has 2 aromatic carbocycles. The number of fused-ring (bicyclic) bond motifs is 1. The topological polar surface area (TPSA) is 54.0 Å². The summed E-state index contributed by atoms with van der Waals surface area (Å²) >= 11 is 11.4. The van der Waals surface area contributed by atoms with Gasteiger partial charge >= 0.3 is 0 Å². The molecule has 1 heterocycles. The minimum atomic E-state index is -0.298. The zero-order valence-electron chi connectivity index (χ0n) is 12.8. The molecule has 0 fully saturated rings. The van der Waals surface area contributed by atoms with Crippen molar-refractivity contribution >= 4 is 51.4 Å². The number of amides is 1. The van der Waals surface area contributed by atoms with Crippen molar-refractivity contribution in [3.8, 4) is 0 Å². The van der Waals surface area contributed by atoms with Gasteiger partial charge in [0, 0.05) is 21.7 Å². The van der Waals surface area contributed by atoms with Crippen LogP contribution in [0.1, 0.15) is 16.1 Å². The van der Waals surface area contributed by atoms with Crippen molar-refractivity contribution in [2.75, 3.05) is 5.32 Å². The van der Waals surface area contributed by atoms with Crippen LogP contribution in [0.2, 0.25) is 5.02 Å². The van der Waals surface area contributed by atoms with Gasteiger partial charge in [0.25, 0.3) is 5.91 Å². The number of nitrogens with zero attached hydrogens (tertiary/aromatic N) is 1. The Bertz CT molecular complexity index is 942. The SMILES string of the molecule is Cc1cccc(NC(=S)NC(=O)c2cccc3c(Cl)cccc23)n1. The normalized spacial score (nSPS) is 10.4. The summed E-state index contributed by atoms with van der Waals surface area (Å²) in [7, 11) is 0. The fourth-order valence-corrected chi connectivity index (χ4v) is 2.84. The van der Waals surface area contributed by atoms with E-state index in [1.807, 2.05) is 37.3 Å². The van der Waals surface area contributed by atoms with E-state index in [1.165, 1.54) is 0 Å². The predicted molar refractivity (Wildman–Crippen MR) is 102 cm³/mol. The lowest BCUT2D eigenvalue weighted by Gasteiger charge is -2.11. The molecule has 0 saturated heterocycles. The first kappa shape index (κ1) is 16.4. The van der Waals surface area contributed by atoms with E-state index in [0.29, 0.717) is 16.4 Å². The molecule has 3 rings (SSSR count). The third-order valence-corrected chi connectivity index (χ3v) is 4.00. The van der Waals surface area contributed by atoms with E-state index < -0.39 is 0 Å². The molecule has 24 heavy (non-hydrogen) atoms. The maximum atomic E-state index is 12.5. The van der Waals surface area contributed by atoms with Gasteiger partial charge in [-0.25, -0.2) is 4.98 Å².